The molecule has 0 atom stereocenters. The highest BCUT2D eigenvalue weighted by atomic mass is 35.5. The van der Waals surface area contributed by atoms with Crippen molar-refractivity contribution in [1.82, 2.24) is 10.0 Å². The molecule has 0 fully saturated rings. The van der Waals surface area contributed by atoms with Crippen LogP contribution in [-0.2, 0) is 16.6 Å². The third kappa shape index (κ3) is 5.14. The first-order valence-electron chi connectivity index (χ1n) is 6.91. The van der Waals surface area contributed by atoms with E-state index < -0.39 is 10.0 Å². The molecular formula is C14H23ClN2O3S. The number of nitrogens with one attached hydrogen (secondary N) is 2. The van der Waals surface area contributed by atoms with Crippen LogP contribution in [0.5, 0.6) is 5.75 Å². The monoisotopic (exact) mass is 334 g/mol. The number of benzene rings is 1. The van der Waals surface area contributed by atoms with Crippen LogP contribution >= 0.6 is 11.6 Å². The van der Waals surface area contributed by atoms with Crippen molar-refractivity contribution in [3.05, 3.63) is 22.7 Å². The maximum atomic E-state index is 12.4. The highest BCUT2D eigenvalue weighted by Gasteiger charge is 2.23. The van der Waals surface area contributed by atoms with Gasteiger partial charge in [-0.1, -0.05) is 18.5 Å². The molecule has 0 saturated heterocycles. The van der Waals surface area contributed by atoms with Gasteiger partial charge in [0.2, 0.25) is 10.0 Å². The zero-order chi connectivity index (χ0) is 16.0. The highest BCUT2D eigenvalue weighted by molar-refractivity contribution is 7.89. The molecule has 1 aromatic rings. The van der Waals surface area contributed by atoms with Crippen LogP contribution in [0.1, 0.15) is 32.8 Å². The van der Waals surface area contributed by atoms with E-state index in [-0.39, 0.29) is 10.9 Å². The summed E-state index contributed by atoms with van der Waals surface area (Å²) >= 11 is 6.06. The zero-order valence-electron chi connectivity index (χ0n) is 12.9. The van der Waals surface area contributed by atoms with Gasteiger partial charge in [-0.25, -0.2) is 13.1 Å². The lowest BCUT2D eigenvalue weighted by molar-refractivity contribution is 0.395. The van der Waals surface area contributed by atoms with Gasteiger partial charge in [-0.15, -0.1) is 0 Å². The number of hydrogen-bond acceptors (Lipinski definition) is 4. The van der Waals surface area contributed by atoms with E-state index in [2.05, 4.69) is 17.0 Å². The van der Waals surface area contributed by atoms with E-state index >= 15 is 0 Å². The SMILES string of the molecule is CCCNCc1cc(Cl)cc(S(=O)(=O)NC(C)C)c1OC. The number of rotatable bonds is 8. The standard InChI is InChI=1S/C14H23ClN2O3S/c1-5-6-16-9-11-7-12(15)8-13(14(11)20-4)21(18,19)17-10(2)3/h7-8,10,16-17H,5-6,9H2,1-4H3. The lowest BCUT2D eigenvalue weighted by Gasteiger charge is -2.17. The molecular weight excluding hydrogens is 312 g/mol. The largest absolute Gasteiger partial charge is 0.495 e. The Morgan fingerprint density at radius 1 is 1.33 bits per heavy atom. The van der Waals surface area contributed by atoms with Gasteiger partial charge < -0.3 is 10.1 Å². The molecule has 0 aliphatic carbocycles. The Balaban J connectivity index is 3.25. The van der Waals surface area contributed by atoms with Gasteiger partial charge in [0.25, 0.3) is 0 Å². The Bertz CT molecular complexity index is 574. The molecule has 2 N–H and O–H groups in total. The molecule has 0 bridgehead atoms. The number of methoxy groups -OCH3 is 1. The van der Waals surface area contributed by atoms with Crippen LogP contribution in [0.15, 0.2) is 17.0 Å². The predicted octanol–water partition coefficient (Wildman–Crippen LogP) is 2.53. The smallest absolute Gasteiger partial charge is 0.244 e. The van der Waals surface area contributed by atoms with E-state index in [0.717, 1.165) is 18.5 Å². The van der Waals surface area contributed by atoms with Gasteiger partial charge >= 0.3 is 0 Å². The average molecular weight is 335 g/mol. The van der Waals surface area contributed by atoms with Crippen molar-refractivity contribution in [2.45, 2.75) is 44.7 Å². The molecule has 0 saturated carbocycles. The van der Waals surface area contributed by atoms with Crippen molar-refractivity contribution in [2.75, 3.05) is 13.7 Å². The first-order valence-corrected chi connectivity index (χ1v) is 8.77. The van der Waals surface area contributed by atoms with Crippen molar-refractivity contribution in [2.24, 2.45) is 0 Å². The number of hydrogen-bond donors (Lipinski definition) is 2. The van der Waals surface area contributed by atoms with Crippen LogP contribution in [0, 0.1) is 0 Å². The summed E-state index contributed by atoms with van der Waals surface area (Å²) in [5, 5.41) is 3.59. The number of ether oxygens (including phenoxy) is 1. The topological polar surface area (TPSA) is 67.4 Å². The molecule has 0 aromatic heterocycles. The van der Waals surface area contributed by atoms with Gasteiger partial charge in [0.05, 0.1) is 7.11 Å². The summed E-state index contributed by atoms with van der Waals surface area (Å²) in [4.78, 5) is 0.0690. The second-order valence-corrected chi connectivity index (χ2v) is 7.17. The first-order chi connectivity index (χ1) is 9.81. The van der Waals surface area contributed by atoms with Crippen LogP contribution in [0.2, 0.25) is 5.02 Å². The summed E-state index contributed by atoms with van der Waals surface area (Å²) in [6, 6.07) is 2.92. The molecule has 0 amide bonds. The second kappa shape index (κ2) is 7.98. The summed E-state index contributed by atoms with van der Waals surface area (Å²) in [5.74, 6) is 0.330. The molecule has 0 radical (unpaired) electrons. The van der Waals surface area contributed by atoms with Crippen molar-refractivity contribution >= 4 is 21.6 Å². The number of sulfonamides is 1. The minimum atomic E-state index is -3.67. The molecule has 21 heavy (non-hydrogen) atoms. The van der Waals surface area contributed by atoms with Crippen LogP contribution in [0.4, 0.5) is 0 Å². The molecule has 0 heterocycles. The van der Waals surface area contributed by atoms with E-state index in [1.807, 2.05) is 0 Å². The molecule has 0 aliphatic rings. The van der Waals surface area contributed by atoms with E-state index in [1.54, 1.807) is 19.9 Å². The summed E-state index contributed by atoms with van der Waals surface area (Å²) in [5.41, 5.74) is 0.725. The lowest BCUT2D eigenvalue weighted by Crippen LogP contribution is -2.30. The van der Waals surface area contributed by atoms with Gasteiger partial charge in [-0.2, -0.15) is 0 Å². The zero-order valence-corrected chi connectivity index (χ0v) is 14.4. The fraction of sp³-hybridized carbons (Fsp3) is 0.571. The summed E-state index contributed by atoms with van der Waals surface area (Å²) in [6.07, 6.45) is 0.989. The molecule has 1 aromatic carbocycles. The molecule has 1 rings (SSSR count). The maximum Gasteiger partial charge on any atom is 0.244 e. The Kier molecular flexibility index (Phi) is 6.93. The van der Waals surface area contributed by atoms with Gasteiger partial charge in [0, 0.05) is 23.2 Å². The minimum Gasteiger partial charge on any atom is -0.495 e. The lowest BCUT2D eigenvalue weighted by atomic mass is 10.2. The predicted molar refractivity (Wildman–Crippen MR) is 85.5 cm³/mol. The Labute approximate surface area is 132 Å². The van der Waals surface area contributed by atoms with E-state index in [1.165, 1.54) is 13.2 Å². The van der Waals surface area contributed by atoms with Crippen molar-refractivity contribution in [3.8, 4) is 5.75 Å². The van der Waals surface area contributed by atoms with Gasteiger partial charge in [-0.05, 0) is 38.9 Å². The highest BCUT2D eigenvalue weighted by Crippen LogP contribution is 2.31. The van der Waals surface area contributed by atoms with Crippen LogP contribution < -0.4 is 14.8 Å². The molecule has 0 unspecified atom stereocenters. The van der Waals surface area contributed by atoms with Gasteiger partial charge in [-0.3, -0.25) is 0 Å². The number of halogens is 1. The van der Waals surface area contributed by atoms with Crippen molar-refractivity contribution < 1.29 is 13.2 Å². The quantitative estimate of drug-likeness (QED) is 0.717. The van der Waals surface area contributed by atoms with Crippen LogP contribution in [0.25, 0.3) is 0 Å². The van der Waals surface area contributed by atoms with E-state index in [0.29, 0.717) is 17.3 Å². The maximum absolute atomic E-state index is 12.4. The first kappa shape index (κ1) is 18.2. The molecule has 0 aliphatic heterocycles. The Morgan fingerprint density at radius 2 is 2.00 bits per heavy atom. The Morgan fingerprint density at radius 3 is 2.52 bits per heavy atom. The molecule has 5 nitrogen and oxygen atoms in total. The molecule has 120 valence electrons. The minimum absolute atomic E-state index is 0.0690. The van der Waals surface area contributed by atoms with Gasteiger partial charge in [0.1, 0.15) is 10.6 Å². The summed E-state index contributed by atoms with van der Waals surface area (Å²) in [6.45, 7) is 6.92. The van der Waals surface area contributed by atoms with Crippen molar-refractivity contribution in [1.29, 1.82) is 0 Å². The van der Waals surface area contributed by atoms with E-state index in [4.69, 9.17) is 16.3 Å². The van der Waals surface area contributed by atoms with Gasteiger partial charge in [0.15, 0.2) is 0 Å². The third-order valence-electron chi connectivity index (χ3n) is 2.72. The third-order valence-corrected chi connectivity index (χ3v) is 4.61. The normalized spacial score (nSPS) is 11.9. The summed E-state index contributed by atoms with van der Waals surface area (Å²) in [7, 11) is -2.21. The average Bonchev–Trinajstić information content (AvgIpc) is 2.37. The molecule has 7 heteroatoms. The van der Waals surface area contributed by atoms with Crippen molar-refractivity contribution in [3.63, 3.8) is 0 Å². The fourth-order valence-electron chi connectivity index (χ4n) is 1.96. The Hall–Kier alpha value is -0.820. The summed E-state index contributed by atoms with van der Waals surface area (Å²) < 4.78 is 32.6. The van der Waals surface area contributed by atoms with Crippen LogP contribution in [0.3, 0.4) is 0 Å². The molecule has 0 spiro atoms. The van der Waals surface area contributed by atoms with Crippen LogP contribution in [-0.4, -0.2) is 28.1 Å². The second-order valence-electron chi connectivity index (χ2n) is 5.05. The fourth-order valence-corrected chi connectivity index (χ4v) is 3.75. The van der Waals surface area contributed by atoms with E-state index in [9.17, 15) is 8.42 Å².